The molecule has 0 aliphatic carbocycles. The largest absolute Gasteiger partial charge is 0.477 e. The quantitative estimate of drug-likeness (QED) is 0.802. The van der Waals surface area contributed by atoms with E-state index >= 15 is 0 Å². The number of rotatable bonds is 2. The number of carboxylic acids is 1. The summed E-state index contributed by atoms with van der Waals surface area (Å²) in [7, 11) is 2.11. The van der Waals surface area contributed by atoms with Gasteiger partial charge in [0.05, 0.1) is 0 Å². The van der Waals surface area contributed by atoms with Crippen molar-refractivity contribution in [2.24, 2.45) is 0 Å². The highest BCUT2D eigenvalue weighted by Gasteiger charge is 2.24. The van der Waals surface area contributed by atoms with Gasteiger partial charge in [0, 0.05) is 5.69 Å². The van der Waals surface area contributed by atoms with Crippen LogP contribution in [0.1, 0.15) is 40.5 Å². The number of likely N-dealkylation sites (tertiary alicyclic amines) is 1. The summed E-state index contributed by atoms with van der Waals surface area (Å²) in [5.41, 5.74) is 2.30. The first-order valence-corrected chi connectivity index (χ1v) is 5.69. The number of hydrogen-bond donors (Lipinski definition) is 2. The van der Waals surface area contributed by atoms with Crippen LogP contribution in [0.25, 0.3) is 0 Å². The van der Waals surface area contributed by atoms with Crippen molar-refractivity contribution in [1.29, 1.82) is 0 Å². The number of aromatic nitrogens is 1. The van der Waals surface area contributed by atoms with E-state index in [2.05, 4.69) is 16.9 Å². The van der Waals surface area contributed by atoms with Crippen LogP contribution in [0.5, 0.6) is 0 Å². The fourth-order valence-electron chi connectivity index (χ4n) is 2.43. The van der Waals surface area contributed by atoms with Crippen LogP contribution in [-0.2, 0) is 0 Å². The van der Waals surface area contributed by atoms with Gasteiger partial charge in [0.1, 0.15) is 5.69 Å². The molecule has 1 aliphatic rings. The van der Waals surface area contributed by atoms with Gasteiger partial charge in [-0.1, -0.05) is 0 Å². The minimum atomic E-state index is -0.845. The fraction of sp³-hybridized carbons (Fsp3) is 0.583. The molecule has 4 heteroatoms. The molecule has 4 nitrogen and oxygen atoms in total. The third-order valence-corrected chi connectivity index (χ3v) is 3.36. The normalized spacial score (nSPS) is 18.9. The Morgan fingerprint density at radius 1 is 1.50 bits per heavy atom. The number of hydrogen-bond acceptors (Lipinski definition) is 2. The topological polar surface area (TPSA) is 56.3 Å². The second-order valence-electron chi connectivity index (χ2n) is 4.67. The zero-order valence-electron chi connectivity index (χ0n) is 9.79. The molecular formula is C12H18N2O2. The molecule has 2 N–H and O–H groups in total. The number of H-pyrrole nitrogens is 1. The Hall–Kier alpha value is -1.29. The maximum Gasteiger partial charge on any atom is 0.352 e. The van der Waals surface area contributed by atoms with Crippen molar-refractivity contribution < 1.29 is 9.90 Å². The molecule has 88 valence electrons. The van der Waals surface area contributed by atoms with Crippen LogP contribution in [0.3, 0.4) is 0 Å². The van der Waals surface area contributed by atoms with Gasteiger partial charge in [-0.25, -0.2) is 4.79 Å². The van der Waals surface area contributed by atoms with Crippen molar-refractivity contribution in [3.8, 4) is 0 Å². The predicted molar refractivity (Wildman–Crippen MR) is 62.0 cm³/mol. The molecule has 0 bridgehead atoms. The molecule has 1 aromatic rings. The summed E-state index contributed by atoms with van der Waals surface area (Å²) in [6.07, 6.45) is 2.10. The van der Waals surface area contributed by atoms with Gasteiger partial charge < -0.3 is 15.0 Å². The molecule has 0 radical (unpaired) electrons. The molecule has 1 saturated heterocycles. The average molecular weight is 222 g/mol. The van der Waals surface area contributed by atoms with Crippen molar-refractivity contribution >= 4 is 5.97 Å². The van der Waals surface area contributed by atoms with Crippen LogP contribution in [-0.4, -0.2) is 41.1 Å². The van der Waals surface area contributed by atoms with Crippen molar-refractivity contribution in [3.05, 3.63) is 23.0 Å². The maximum atomic E-state index is 11.1. The third kappa shape index (κ3) is 2.11. The minimum absolute atomic E-state index is 0.382. The smallest absolute Gasteiger partial charge is 0.352 e. The highest BCUT2D eigenvalue weighted by molar-refractivity contribution is 5.87. The van der Waals surface area contributed by atoms with E-state index in [1.54, 1.807) is 0 Å². The number of nitrogens with one attached hydrogen (secondary N) is 1. The molecule has 1 aliphatic heterocycles. The van der Waals surface area contributed by atoms with Crippen molar-refractivity contribution in [1.82, 2.24) is 9.88 Å². The average Bonchev–Trinajstić information content (AvgIpc) is 2.61. The van der Waals surface area contributed by atoms with E-state index in [0.29, 0.717) is 11.6 Å². The highest BCUT2D eigenvalue weighted by Crippen LogP contribution is 2.30. The number of carboxylic acid groups (broad SMARTS) is 1. The van der Waals surface area contributed by atoms with E-state index in [0.717, 1.165) is 37.2 Å². The van der Waals surface area contributed by atoms with Crippen molar-refractivity contribution in [2.45, 2.75) is 25.7 Å². The summed E-state index contributed by atoms with van der Waals surface area (Å²) in [6, 6.07) is 1.99. The van der Waals surface area contributed by atoms with E-state index in [1.165, 1.54) is 0 Å². The highest BCUT2D eigenvalue weighted by atomic mass is 16.4. The molecular weight excluding hydrogens is 204 g/mol. The summed E-state index contributed by atoms with van der Waals surface area (Å²) in [5.74, 6) is -0.450. The van der Waals surface area contributed by atoms with Gasteiger partial charge in [0.15, 0.2) is 0 Å². The number of aryl methyl sites for hydroxylation is 1. The van der Waals surface area contributed by atoms with Gasteiger partial charge >= 0.3 is 5.97 Å². The monoisotopic (exact) mass is 222 g/mol. The SMILES string of the molecule is Cc1cc(C2CCN(C)CC2)c(C(=O)O)[nH]1. The van der Waals surface area contributed by atoms with Crippen LogP contribution in [0.4, 0.5) is 0 Å². The first kappa shape index (κ1) is 11.2. The molecule has 0 unspecified atom stereocenters. The zero-order chi connectivity index (χ0) is 11.7. The fourth-order valence-corrected chi connectivity index (χ4v) is 2.43. The van der Waals surface area contributed by atoms with E-state index in [1.807, 2.05) is 13.0 Å². The number of aromatic carboxylic acids is 1. The summed E-state index contributed by atoms with van der Waals surface area (Å²) in [4.78, 5) is 16.3. The second-order valence-corrected chi connectivity index (χ2v) is 4.67. The van der Waals surface area contributed by atoms with E-state index in [4.69, 9.17) is 5.11 Å². The molecule has 2 heterocycles. The van der Waals surface area contributed by atoms with Gasteiger partial charge in [0.25, 0.3) is 0 Å². The number of aromatic amines is 1. The molecule has 0 amide bonds. The van der Waals surface area contributed by atoms with Crippen LogP contribution < -0.4 is 0 Å². The Morgan fingerprint density at radius 3 is 2.69 bits per heavy atom. The molecule has 1 aromatic heterocycles. The molecule has 0 saturated carbocycles. The van der Waals surface area contributed by atoms with Gasteiger partial charge in [0.2, 0.25) is 0 Å². The number of nitrogens with zero attached hydrogens (tertiary/aromatic N) is 1. The Kier molecular flexibility index (Phi) is 3.01. The number of carbonyl (C=O) groups is 1. The zero-order valence-corrected chi connectivity index (χ0v) is 9.79. The van der Waals surface area contributed by atoms with Crippen LogP contribution in [0, 0.1) is 6.92 Å². The van der Waals surface area contributed by atoms with E-state index < -0.39 is 5.97 Å². The second kappa shape index (κ2) is 4.29. The summed E-state index contributed by atoms with van der Waals surface area (Å²) < 4.78 is 0. The summed E-state index contributed by atoms with van der Waals surface area (Å²) in [6.45, 7) is 4.01. The summed E-state index contributed by atoms with van der Waals surface area (Å²) >= 11 is 0. The first-order valence-electron chi connectivity index (χ1n) is 5.69. The lowest BCUT2D eigenvalue weighted by Crippen LogP contribution is -2.29. The Morgan fingerprint density at radius 2 is 2.12 bits per heavy atom. The molecule has 0 aromatic carbocycles. The van der Waals surface area contributed by atoms with Crippen molar-refractivity contribution in [2.75, 3.05) is 20.1 Å². The lowest BCUT2D eigenvalue weighted by molar-refractivity contribution is 0.0688. The molecule has 16 heavy (non-hydrogen) atoms. The lowest BCUT2D eigenvalue weighted by Gasteiger charge is -2.28. The third-order valence-electron chi connectivity index (χ3n) is 3.36. The van der Waals surface area contributed by atoms with E-state index in [-0.39, 0.29) is 0 Å². The Bertz CT molecular complexity index is 390. The Labute approximate surface area is 95.3 Å². The van der Waals surface area contributed by atoms with Crippen LogP contribution in [0.15, 0.2) is 6.07 Å². The Balaban J connectivity index is 2.22. The maximum absolute atomic E-state index is 11.1. The molecule has 2 rings (SSSR count). The predicted octanol–water partition coefficient (Wildman–Crippen LogP) is 1.83. The van der Waals surface area contributed by atoms with Crippen LogP contribution >= 0.6 is 0 Å². The molecule has 0 spiro atoms. The first-order chi connectivity index (χ1) is 7.58. The number of piperidine rings is 1. The summed E-state index contributed by atoms with van der Waals surface area (Å²) in [5, 5.41) is 9.12. The lowest BCUT2D eigenvalue weighted by atomic mass is 9.89. The standard InChI is InChI=1S/C12H18N2O2/c1-8-7-10(11(13-8)12(15)16)9-3-5-14(2)6-4-9/h7,9,13H,3-6H2,1-2H3,(H,15,16). The van der Waals surface area contributed by atoms with Gasteiger partial charge in [-0.15, -0.1) is 0 Å². The van der Waals surface area contributed by atoms with Crippen LogP contribution in [0.2, 0.25) is 0 Å². The van der Waals surface area contributed by atoms with E-state index in [9.17, 15) is 4.79 Å². The van der Waals surface area contributed by atoms with Crippen molar-refractivity contribution in [3.63, 3.8) is 0 Å². The van der Waals surface area contributed by atoms with Gasteiger partial charge in [-0.05, 0) is 57.5 Å². The molecule has 0 atom stereocenters. The minimum Gasteiger partial charge on any atom is -0.477 e. The molecule has 1 fully saturated rings. The van der Waals surface area contributed by atoms with Gasteiger partial charge in [-0.3, -0.25) is 0 Å². The van der Waals surface area contributed by atoms with Gasteiger partial charge in [-0.2, -0.15) is 0 Å².